The molecule has 0 heterocycles. The van der Waals surface area contributed by atoms with Crippen LogP contribution in [0.25, 0.3) is 0 Å². The Bertz CT molecular complexity index is 578. The molecule has 0 aliphatic heterocycles. The normalized spacial score (nSPS) is 14.3. The molecule has 0 fully saturated rings. The maximum atomic E-state index is 12.3. The minimum atomic E-state index is -1.14. The molecule has 0 aliphatic rings. The van der Waals surface area contributed by atoms with Gasteiger partial charge in [-0.3, -0.25) is 4.79 Å². The number of hydrogen-bond acceptors (Lipinski definition) is 4. The Kier molecular flexibility index (Phi) is 28.9. The first-order valence-corrected chi connectivity index (χ1v) is 16.7. The molecule has 0 aromatic rings. The summed E-state index contributed by atoms with van der Waals surface area (Å²) in [6.45, 7) is 4.09. The van der Waals surface area contributed by atoms with Crippen LogP contribution in [-0.4, -0.2) is 46.1 Å². The molecule has 5 heteroatoms. The second-order valence-corrected chi connectivity index (χ2v) is 11.4. The molecule has 1 amide bonds. The minimum absolute atomic E-state index is 0.334. The Morgan fingerprint density at radius 2 is 1.03 bits per heavy atom. The van der Waals surface area contributed by atoms with Gasteiger partial charge < -0.3 is 20.6 Å². The number of unbranched alkanes of at least 4 members (excludes halogenated alkanes) is 19. The lowest BCUT2D eigenvalue weighted by Gasteiger charge is -2.21. The van der Waals surface area contributed by atoms with Gasteiger partial charge in [-0.15, -0.1) is 0 Å². The van der Waals surface area contributed by atoms with E-state index in [-0.39, 0.29) is 6.61 Å². The van der Waals surface area contributed by atoms with E-state index in [1.807, 2.05) is 12.2 Å². The highest BCUT2D eigenvalue weighted by Crippen LogP contribution is 2.14. The highest BCUT2D eigenvalue weighted by Gasteiger charge is 2.22. The third-order valence-electron chi connectivity index (χ3n) is 7.54. The molecule has 0 aromatic carbocycles. The highest BCUT2D eigenvalue weighted by atomic mass is 16.3. The zero-order chi connectivity index (χ0) is 28.8. The van der Waals surface area contributed by atoms with Crippen LogP contribution < -0.4 is 5.32 Å². The first kappa shape index (κ1) is 37.8. The lowest BCUT2D eigenvalue weighted by molar-refractivity contribution is -0.131. The predicted molar refractivity (Wildman–Crippen MR) is 167 cm³/mol. The van der Waals surface area contributed by atoms with Crippen molar-refractivity contribution >= 4 is 5.91 Å². The largest absolute Gasteiger partial charge is 0.394 e. The number of carbonyl (C=O) groups is 1. The summed E-state index contributed by atoms with van der Waals surface area (Å²) in [6, 6.07) is -0.807. The van der Waals surface area contributed by atoms with Crippen LogP contribution in [0.15, 0.2) is 24.3 Å². The molecular formula is C34H65NO4. The molecule has 230 valence electrons. The van der Waals surface area contributed by atoms with E-state index in [4.69, 9.17) is 0 Å². The van der Waals surface area contributed by atoms with E-state index >= 15 is 0 Å². The van der Waals surface area contributed by atoms with Crippen LogP contribution in [0, 0.1) is 0 Å². The van der Waals surface area contributed by atoms with E-state index in [1.54, 1.807) is 6.08 Å². The van der Waals surface area contributed by atoms with Crippen molar-refractivity contribution in [1.82, 2.24) is 5.32 Å². The molecule has 0 aliphatic carbocycles. The van der Waals surface area contributed by atoms with Crippen LogP contribution in [-0.2, 0) is 4.79 Å². The second kappa shape index (κ2) is 29.8. The van der Waals surface area contributed by atoms with Crippen molar-refractivity contribution in [3.8, 4) is 0 Å². The van der Waals surface area contributed by atoms with Gasteiger partial charge in [-0.2, -0.15) is 0 Å². The van der Waals surface area contributed by atoms with E-state index in [1.165, 1.54) is 116 Å². The number of aliphatic hydroxyl groups excluding tert-OH is 3. The fourth-order valence-corrected chi connectivity index (χ4v) is 4.83. The van der Waals surface area contributed by atoms with E-state index in [2.05, 4.69) is 25.2 Å². The lowest BCUT2D eigenvalue weighted by atomic mass is 10.0. The summed E-state index contributed by atoms with van der Waals surface area (Å²) in [6.07, 6.45) is 33.5. The predicted octanol–water partition coefficient (Wildman–Crippen LogP) is 8.31. The summed E-state index contributed by atoms with van der Waals surface area (Å²) >= 11 is 0. The Labute approximate surface area is 241 Å². The molecule has 0 bridgehead atoms. The molecule has 0 saturated carbocycles. The van der Waals surface area contributed by atoms with Crippen LogP contribution in [0.1, 0.15) is 162 Å². The minimum Gasteiger partial charge on any atom is -0.394 e. The van der Waals surface area contributed by atoms with Crippen molar-refractivity contribution in [2.24, 2.45) is 0 Å². The van der Waals surface area contributed by atoms with Crippen molar-refractivity contribution in [2.75, 3.05) is 6.61 Å². The van der Waals surface area contributed by atoms with E-state index in [0.717, 1.165) is 19.3 Å². The molecule has 0 aromatic heterocycles. The van der Waals surface area contributed by atoms with Gasteiger partial charge in [0, 0.05) is 0 Å². The average Bonchev–Trinajstić information content (AvgIpc) is 2.94. The quantitative estimate of drug-likeness (QED) is 0.0556. The summed E-state index contributed by atoms with van der Waals surface area (Å²) in [4.78, 5) is 12.3. The van der Waals surface area contributed by atoms with Crippen molar-refractivity contribution in [3.05, 3.63) is 24.3 Å². The van der Waals surface area contributed by atoms with E-state index < -0.39 is 24.2 Å². The lowest BCUT2D eigenvalue weighted by Crippen LogP contribution is -2.48. The number of aliphatic hydroxyl groups is 3. The van der Waals surface area contributed by atoms with Crippen molar-refractivity contribution in [3.63, 3.8) is 0 Å². The molecule has 3 atom stereocenters. The zero-order valence-electron chi connectivity index (χ0n) is 25.8. The van der Waals surface area contributed by atoms with Gasteiger partial charge in [-0.1, -0.05) is 147 Å². The zero-order valence-corrected chi connectivity index (χ0v) is 25.8. The highest BCUT2D eigenvalue weighted by molar-refractivity contribution is 5.80. The van der Waals surface area contributed by atoms with Crippen molar-refractivity contribution < 1.29 is 20.1 Å². The van der Waals surface area contributed by atoms with Crippen LogP contribution in [0.3, 0.4) is 0 Å². The van der Waals surface area contributed by atoms with Gasteiger partial charge in [0.25, 0.3) is 0 Å². The summed E-state index contributed by atoms with van der Waals surface area (Å²) in [5.41, 5.74) is 0. The molecule has 39 heavy (non-hydrogen) atoms. The number of amides is 1. The maximum Gasteiger partial charge on any atom is 0.249 e. The molecular weight excluding hydrogens is 486 g/mol. The van der Waals surface area contributed by atoms with Gasteiger partial charge >= 0.3 is 0 Å². The summed E-state index contributed by atoms with van der Waals surface area (Å²) < 4.78 is 0. The maximum absolute atomic E-state index is 12.3. The summed E-state index contributed by atoms with van der Waals surface area (Å²) in [7, 11) is 0. The average molecular weight is 552 g/mol. The smallest absolute Gasteiger partial charge is 0.249 e. The third-order valence-corrected chi connectivity index (χ3v) is 7.54. The number of rotatable bonds is 29. The Morgan fingerprint density at radius 3 is 1.51 bits per heavy atom. The van der Waals surface area contributed by atoms with Gasteiger partial charge in [0.05, 0.1) is 18.8 Å². The Balaban J connectivity index is 3.77. The van der Waals surface area contributed by atoms with Gasteiger partial charge in [0.2, 0.25) is 5.91 Å². The van der Waals surface area contributed by atoms with Crippen LogP contribution in [0.5, 0.6) is 0 Å². The molecule has 0 spiro atoms. The fraction of sp³-hybridized carbons (Fsp3) is 0.853. The third kappa shape index (κ3) is 25.5. The summed E-state index contributed by atoms with van der Waals surface area (Å²) in [5.74, 6) is -0.541. The standard InChI is InChI=1S/C34H65NO4/c1-3-5-7-9-11-13-14-15-16-17-18-19-20-21-23-24-26-28-32(37)31(30-36)35-34(39)33(38)29-27-25-22-12-10-8-6-4-2/h22,25-26,28,31-33,36-38H,3-21,23-24,27,29-30H2,1-2H3,(H,35,39)/b25-22-,28-26+. The van der Waals surface area contributed by atoms with Gasteiger partial charge in [-0.05, 0) is 38.5 Å². The van der Waals surface area contributed by atoms with E-state index in [9.17, 15) is 20.1 Å². The molecule has 3 unspecified atom stereocenters. The molecule has 4 N–H and O–H groups in total. The molecule has 0 saturated heterocycles. The summed E-state index contributed by atoms with van der Waals surface area (Å²) in [5, 5.41) is 32.7. The Hall–Kier alpha value is -1.17. The number of hydrogen-bond donors (Lipinski definition) is 4. The number of allylic oxidation sites excluding steroid dienone is 3. The van der Waals surface area contributed by atoms with Gasteiger partial charge in [-0.25, -0.2) is 0 Å². The van der Waals surface area contributed by atoms with Crippen molar-refractivity contribution in [2.45, 2.75) is 180 Å². The first-order chi connectivity index (χ1) is 19.1. The van der Waals surface area contributed by atoms with Gasteiger partial charge in [0.15, 0.2) is 0 Å². The van der Waals surface area contributed by atoms with Crippen molar-refractivity contribution in [1.29, 1.82) is 0 Å². The monoisotopic (exact) mass is 551 g/mol. The molecule has 0 radical (unpaired) electrons. The molecule has 5 nitrogen and oxygen atoms in total. The van der Waals surface area contributed by atoms with Crippen LogP contribution >= 0.6 is 0 Å². The SMILES string of the molecule is CCCCCC/C=C\CCC(O)C(=O)NC(CO)C(O)/C=C/CCCCCCCCCCCCCCCCC. The van der Waals surface area contributed by atoms with Gasteiger partial charge in [0.1, 0.15) is 6.10 Å². The first-order valence-electron chi connectivity index (χ1n) is 16.7. The van der Waals surface area contributed by atoms with E-state index in [0.29, 0.717) is 12.8 Å². The van der Waals surface area contributed by atoms with Crippen LogP contribution in [0.4, 0.5) is 0 Å². The Morgan fingerprint density at radius 1 is 0.615 bits per heavy atom. The van der Waals surface area contributed by atoms with Crippen LogP contribution in [0.2, 0.25) is 0 Å². The topological polar surface area (TPSA) is 89.8 Å². The fourth-order valence-electron chi connectivity index (χ4n) is 4.83. The number of carbonyl (C=O) groups excluding carboxylic acids is 1. The molecule has 0 rings (SSSR count). The number of nitrogens with one attached hydrogen (secondary N) is 1. The second-order valence-electron chi connectivity index (χ2n) is 11.4.